The van der Waals surface area contributed by atoms with Gasteiger partial charge in [0.25, 0.3) is 5.91 Å². The van der Waals surface area contributed by atoms with Crippen LogP contribution in [0.1, 0.15) is 10.4 Å². The Balaban J connectivity index is 1.69. The van der Waals surface area contributed by atoms with Crippen LogP contribution >= 0.6 is 0 Å². The Morgan fingerprint density at radius 3 is 2.31 bits per heavy atom. The van der Waals surface area contributed by atoms with Crippen LogP contribution in [0.15, 0.2) is 90.1 Å². The fourth-order valence-corrected chi connectivity index (χ4v) is 4.76. The molecule has 1 N–H and O–H groups in total. The third-order valence-electron chi connectivity index (χ3n) is 5.69. The van der Waals surface area contributed by atoms with Crippen LogP contribution in [0.2, 0.25) is 0 Å². The lowest BCUT2D eigenvalue weighted by Crippen LogP contribution is -2.15. The zero-order chi connectivity index (χ0) is 24.6. The zero-order valence-corrected chi connectivity index (χ0v) is 19.8. The highest BCUT2D eigenvalue weighted by atomic mass is 32.2. The van der Waals surface area contributed by atoms with Crippen LogP contribution in [-0.2, 0) is 16.9 Å². The van der Waals surface area contributed by atoms with Gasteiger partial charge in [-0.3, -0.25) is 9.48 Å². The highest BCUT2D eigenvalue weighted by Gasteiger charge is 2.20. The maximum Gasteiger partial charge on any atom is 0.257 e. The number of anilines is 1. The number of carbonyl (C=O) groups is 1. The molecule has 0 atom stereocenters. The molecule has 0 radical (unpaired) electrons. The molecule has 5 rings (SSSR count). The van der Waals surface area contributed by atoms with Gasteiger partial charge in [-0.05, 0) is 23.3 Å². The first-order valence-corrected chi connectivity index (χ1v) is 12.7. The molecule has 0 aliphatic rings. The van der Waals surface area contributed by atoms with Crippen molar-refractivity contribution in [3.05, 3.63) is 90.6 Å². The number of hydrogen-bond acceptors (Lipinski definition) is 6. The van der Waals surface area contributed by atoms with Crippen LogP contribution in [0.4, 0.5) is 5.82 Å². The number of aromatic nitrogens is 4. The maximum atomic E-state index is 13.1. The van der Waals surface area contributed by atoms with Crippen molar-refractivity contribution in [1.29, 1.82) is 0 Å². The lowest BCUT2D eigenvalue weighted by atomic mass is 9.95. The highest BCUT2D eigenvalue weighted by molar-refractivity contribution is 7.90. The van der Waals surface area contributed by atoms with Crippen LogP contribution in [0.5, 0.6) is 0 Å². The standard InChI is InChI=1S/C26H21N5O3S/c1-31-23(14-15-27-31)28-25(32)20-11-7-6-10-19(20)18-12-13-21-22(16-18)24(17-8-4-3-5-9-17)29-30-26(21)35(2,33)34/h3-16H,1-2H3,(H,28,32). The number of nitrogens with zero attached hydrogens (tertiary/aromatic N) is 4. The van der Waals surface area contributed by atoms with Gasteiger partial charge in [-0.25, -0.2) is 8.42 Å². The third kappa shape index (κ3) is 4.29. The van der Waals surface area contributed by atoms with Crippen molar-refractivity contribution in [2.45, 2.75) is 5.03 Å². The minimum atomic E-state index is -3.61. The fourth-order valence-electron chi connectivity index (χ4n) is 3.99. The topological polar surface area (TPSA) is 107 Å². The first-order valence-electron chi connectivity index (χ1n) is 10.8. The van der Waals surface area contributed by atoms with E-state index in [0.29, 0.717) is 33.4 Å². The molecule has 0 aliphatic carbocycles. The summed E-state index contributed by atoms with van der Waals surface area (Å²) in [6.07, 6.45) is 2.72. The molecule has 174 valence electrons. The second-order valence-electron chi connectivity index (χ2n) is 8.09. The van der Waals surface area contributed by atoms with Gasteiger partial charge < -0.3 is 5.32 Å². The average molecular weight is 484 g/mol. The maximum absolute atomic E-state index is 13.1. The molecule has 2 heterocycles. The van der Waals surface area contributed by atoms with Crippen molar-refractivity contribution in [2.75, 3.05) is 11.6 Å². The van der Waals surface area contributed by atoms with E-state index < -0.39 is 9.84 Å². The average Bonchev–Trinajstić information content (AvgIpc) is 3.27. The van der Waals surface area contributed by atoms with Gasteiger partial charge in [0, 0.05) is 41.3 Å². The van der Waals surface area contributed by atoms with Gasteiger partial charge in [-0.1, -0.05) is 60.7 Å². The minimum Gasteiger partial charge on any atom is -0.307 e. The van der Waals surface area contributed by atoms with E-state index in [1.807, 2.05) is 48.5 Å². The largest absolute Gasteiger partial charge is 0.307 e. The van der Waals surface area contributed by atoms with Gasteiger partial charge in [0.15, 0.2) is 14.9 Å². The van der Waals surface area contributed by atoms with Crippen molar-refractivity contribution in [3.63, 3.8) is 0 Å². The normalized spacial score (nSPS) is 11.5. The summed E-state index contributed by atoms with van der Waals surface area (Å²) in [6.45, 7) is 0. The van der Waals surface area contributed by atoms with Gasteiger partial charge in [0.2, 0.25) is 0 Å². The Kier molecular flexibility index (Phi) is 5.62. The second kappa shape index (κ2) is 8.77. The molecular formula is C26H21N5O3S. The molecule has 2 aromatic heterocycles. The number of nitrogens with one attached hydrogen (secondary N) is 1. The number of rotatable bonds is 5. The number of benzene rings is 3. The molecule has 0 fully saturated rings. The highest BCUT2D eigenvalue weighted by Crippen LogP contribution is 2.34. The summed E-state index contributed by atoms with van der Waals surface area (Å²) >= 11 is 0. The molecule has 0 bridgehead atoms. The van der Waals surface area contributed by atoms with Crippen LogP contribution < -0.4 is 5.32 Å². The molecule has 0 spiro atoms. The number of sulfone groups is 1. The van der Waals surface area contributed by atoms with Gasteiger partial charge in [-0.15, -0.1) is 10.2 Å². The van der Waals surface area contributed by atoms with E-state index in [1.54, 1.807) is 48.3 Å². The number of carbonyl (C=O) groups excluding carboxylic acids is 1. The van der Waals surface area contributed by atoms with Crippen molar-refractivity contribution in [3.8, 4) is 22.4 Å². The van der Waals surface area contributed by atoms with Gasteiger partial charge >= 0.3 is 0 Å². The van der Waals surface area contributed by atoms with Crippen LogP contribution in [0, 0.1) is 0 Å². The molecule has 0 aliphatic heterocycles. The zero-order valence-electron chi connectivity index (χ0n) is 19.0. The van der Waals surface area contributed by atoms with Crippen molar-refractivity contribution in [2.24, 2.45) is 7.05 Å². The molecule has 5 aromatic rings. The Morgan fingerprint density at radius 1 is 0.857 bits per heavy atom. The van der Waals surface area contributed by atoms with Crippen LogP contribution in [0.25, 0.3) is 33.2 Å². The molecule has 9 heteroatoms. The Morgan fingerprint density at radius 2 is 1.60 bits per heavy atom. The molecule has 0 saturated heterocycles. The Hall–Kier alpha value is -4.37. The number of aryl methyl sites for hydroxylation is 1. The SMILES string of the molecule is Cn1nccc1NC(=O)c1ccccc1-c1ccc2c(S(C)(=O)=O)nnc(-c3ccccc3)c2c1. The van der Waals surface area contributed by atoms with E-state index >= 15 is 0 Å². The number of fused-ring (bicyclic) bond motifs is 1. The van der Waals surface area contributed by atoms with E-state index in [9.17, 15) is 13.2 Å². The summed E-state index contributed by atoms with van der Waals surface area (Å²) in [5, 5.41) is 16.3. The predicted molar refractivity (Wildman–Crippen MR) is 135 cm³/mol. The van der Waals surface area contributed by atoms with Gasteiger partial charge in [0.1, 0.15) is 11.5 Å². The van der Waals surface area contributed by atoms with E-state index in [0.717, 1.165) is 17.4 Å². The first kappa shape index (κ1) is 22.4. The Bertz CT molecular complexity index is 1680. The van der Waals surface area contributed by atoms with E-state index in [2.05, 4.69) is 20.6 Å². The number of hydrogen-bond donors (Lipinski definition) is 1. The van der Waals surface area contributed by atoms with E-state index in [-0.39, 0.29) is 10.9 Å². The molecule has 35 heavy (non-hydrogen) atoms. The lowest BCUT2D eigenvalue weighted by Gasteiger charge is -2.13. The summed E-state index contributed by atoms with van der Waals surface area (Å²) < 4.78 is 26.4. The molecule has 1 amide bonds. The quantitative estimate of drug-likeness (QED) is 0.398. The Labute approximate surface area is 202 Å². The molecule has 8 nitrogen and oxygen atoms in total. The summed E-state index contributed by atoms with van der Waals surface area (Å²) in [4.78, 5) is 13.1. The minimum absolute atomic E-state index is 0.0824. The van der Waals surface area contributed by atoms with Gasteiger partial charge in [0.05, 0.1) is 6.20 Å². The van der Waals surface area contributed by atoms with Crippen LogP contribution in [0.3, 0.4) is 0 Å². The van der Waals surface area contributed by atoms with Crippen molar-refractivity contribution >= 4 is 32.3 Å². The predicted octanol–water partition coefficient (Wildman–Crippen LogP) is 4.35. The van der Waals surface area contributed by atoms with Crippen molar-refractivity contribution < 1.29 is 13.2 Å². The monoisotopic (exact) mass is 483 g/mol. The van der Waals surface area contributed by atoms with E-state index in [1.165, 1.54) is 0 Å². The number of amides is 1. The smallest absolute Gasteiger partial charge is 0.257 e. The summed E-state index contributed by atoms with van der Waals surface area (Å²) in [6, 6.07) is 23.8. The summed E-state index contributed by atoms with van der Waals surface area (Å²) in [7, 11) is -1.86. The first-order chi connectivity index (χ1) is 16.8. The van der Waals surface area contributed by atoms with E-state index in [4.69, 9.17) is 0 Å². The van der Waals surface area contributed by atoms with Crippen molar-refractivity contribution in [1.82, 2.24) is 20.0 Å². The van der Waals surface area contributed by atoms with Crippen LogP contribution in [-0.4, -0.2) is 40.6 Å². The molecule has 0 saturated carbocycles. The summed E-state index contributed by atoms with van der Waals surface area (Å²) in [5.74, 6) is 0.292. The molecule has 3 aromatic carbocycles. The second-order valence-corrected chi connectivity index (χ2v) is 10.0. The molecular weight excluding hydrogens is 462 g/mol. The summed E-state index contributed by atoms with van der Waals surface area (Å²) in [5.41, 5.74) is 3.29. The fraction of sp³-hybridized carbons (Fsp3) is 0.0769. The van der Waals surface area contributed by atoms with Gasteiger partial charge in [-0.2, -0.15) is 5.10 Å². The third-order valence-corrected chi connectivity index (χ3v) is 6.69. The molecule has 0 unspecified atom stereocenters. The lowest BCUT2D eigenvalue weighted by molar-refractivity contribution is 0.102.